The number of aromatic nitrogens is 2. The van der Waals surface area contributed by atoms with Crippen LogP contribution in [-0.4, -0.2) is 17.1 Å². The van der Waals surface area contributed by atoms with Crippen molar-refractivity contribution in [2.75, 3.05) is 7.11 Å². The zero-order chi connectivity index (χ0) is 10.7. The molecule has 0 unspecified atom stereocenters. The smallest absolute Gasteiger partial charge is 0.131 e. The third kappa shape index (κ3) is 1.93. The summed E-state index contributed by atoms with van der Waals surface area (Å²) in [5.74, 6) is 0.292. The molecule has 4 heteroatoms. The van der Waals surface area contributed by atoms with Gasteiger partial charge in [-0.05, 0) is 18.2 Å². The lowest BCUT2D eigenvalue weighted by Crippen LogP contribution is -1.89. The van der Waals surface area contributed by atoms with Gasteiger partial charge in [-0.2, -0.15) is 0 Å². The van der Waals surface area contributed by atoms with Gasteiger partial charge in [-0.1, -0.05) is 0 Å². The Labute approximate surface area is 86.6 Å². The number of ether oxygens (including phenoxy) is 1. The molecule has 3 nitrogen and oxygen atoms in total. The van der Waals surface area contributed by atoms with Gasteiger partial charge in [0.15, 0.2) is 0 Å². The van der Waals surface area contributed by atoms with Crippen molar-refractivity contribution in [3.05, 3.63) is 42.7 Å². The van der Waals surface area contributed by atoms with Crippen LogP contribution in [0, 0.1) is 5.82 Å². The second kappa shape index (κ2) is 4.04. The lowest BCUT2D eigenvalue weighted by molar-refractivity contribution is 0.414. The molecule has 0 saturated carbocycles. The van der Waals surface area contributed by atoms with Gasteiger partial charge in [0.2, 0.25) is 0 Å². The highest BCUT2D eigenvalue weighted by atomic mass is 19.1. The van der Waals surface area contributed by atoms with Crippen molar-refractivity contribution in [2.45, 2.75) is 0 Å². The van der Waals surface area contributed by atoms with E-state index >= 15 is 0 Å². The zero-order valence-electron chi connectivity index (χ0n) is 8.14. The third-order valence-corrected chi connectivity index (χ3v) is 2.05. The van der Waals surface area contributed by atoms with Crippen LogP contribution in [0.2, 0.25) is 0 Å². The van der Waals surface area contributed by atoms with E-state index in [1.165, 1.54) is 12.4 Å². The minimum Gasteiger partial charge on any atom is -0.497 e. The average Bonchev–Trinajstić information content (AvgIpc) is 2.31. The highest BCUT2D eigenvalue weighted by molar-refractivity contribution is 5.63. The van der Waals surface area contributed by atoms with Gasteiger partial charge in [0.25, 0.3) is 0 Å². The SMILES string of the molecule is COc1ccc(F)c(-c2cncnc2)c1. The minimum absolute atomic E-state index is 0.314. The topological polar surface area (TPSA) is 35.0 Å². The Balaban J connectivity index is 2.52. The Kier molecular flexibility index (Phi) is 2.58. The van der Waals surface area contributed by atoms with Crippen LogP contribution in [0.15, 0.2) is 36.9 Å². The molecule has 2 rings (SSSR count). The van der Waals surface area contributed by atoms with Crippen LogP contribution in [-0.2, 0) is 0 Å². The molecule has 0 radical (unpaired) electrons. The number of halogens is 1. The molecular weight excluding hydrogens is 195 g/mol. The van der Waals surface area contributed by atoms with Crippen molar-refractivity contribution in [1.82, 2.24) is 9.97 Å². The van der Waals surface area contributed by atoms with Crippen LogP contribution in [0.4, 0.5) is 4.39 Å². The first kappa shape index (κ1) is 9.58. The molecule has 76 valence electrons. The van der Waals surface area contributed by atoms with Crippen LogP contribution < -0.4 is 4.74 Å². The molecule has 2 aromatic rings. The van der Waals surface area contributed by atoms with E-state index in [0.29, 0.717) is 16.9 Å². The Morgan fingerprint density at radius 2 is 1.93 bits per heavy atom. The Morgan fingerprint density at radius 3 is 2.60 bits per heavy atom. The fourth-order valence-electron chi connectivity index (χ4n) is 1.29. The summed E-state index contributed by atoms with van der Waals surface area (Å²) >= 11 is 0. The molecule has 0 aliphatic rings. The minimum atomic E-state index is -0.314. The second-order valence-electron chi connectivity index (χ2n) is 2.97. The quantitative estimate of drug-likeness (QED) is 0.752. The van der Waals surface area contributed by atoms with E-state index in [2.05, 4.69) is 9.97 Å². The molecule has 0 aliphatic heterocycles. The number of methoxy groups -OCH3 is 1. The van der Waals surface area contributed by atoms with Crippen molar-refractivity contribution in [3.8, 4) is 16.9 Å². The largest absolute Gasteiger partial charge is 0.497 e. The second-order valence-corrected chi connectivity index (χ2v) is 2.97. The summed E-state index contributed by atoms with van der Waals surface area (Å²) in [5, 5.41) is 0. The summed E-state index contributed by atoms with van der Waals surface area (Å²) in [6, 6.07) is 4.55. The fraction of sp³-hybridized carbons (Fsp3) is 0.0909. The van der Waals surface area contributed by atoms with Gasteiger partial charge in [-0.15, -0.1) is 0 Å². The molecule has 1 aromatic heterocycles. The first-order valence-corrected chi connectivity index (χ1v) is 4.40. The van der Waals surface area contributed by atoms with Gasteiger partial charge in [-0.25, -0.2) is 14.4 Å². The van der Waals surface area contributed by atoms with Gasteiger partial charge >= 0.3 is 0 Å². The lowest BCUT2D eigenvalue weighted by atomic mass is 10.1. The Morgan fingerprint density at radius 1 is 1.20 bits per heavy atom. The van der Waals surface area contributed by atoms with Gasteiger partial charge < -0.3 is 4.74 Å². The van der Waals surface area contributed by atoms with E-state index in [1.54, 1.807) is 31.6 Å². The van der Waals surface area contributed by atoms with Crippen molar-refractivity contribution in [3.63, 3.8) is 0 Å². The molecule has 15 heavy (non-hydrogen) atoms. The Bertz CT molecular complexity index is 459. The summed E-state index contributed by atoms with van der Waals surface area (Å²) in [5.41, 5.74) is 1.07. The van der Waals surface area contributed by atoms with Crippen LogP contribution >= 0.6 is 0 Å². The molecule has 1 aromatic carbocycles. The number of hydrogen-bond donors (Lipinski definition) is 0. The lowest BCUT2D eigenvalue weighted by Gasteiger charge is -2.05. The maximum atomic E-state index is 13.5. The number of hydrogen-bond acceptors (Lipinski definition) is 3. The van der Waals surface area contributed by atoms with E-state index < -0.39 is 0 Å². The maximum Gasteiger partial charge on any atom is 0.131 e. The average molecular weight is 204 g/mol. The van der Waals surface area contributed by atoms with Gasteiger partial charge in [0, 0.05) is 23.5 Å². The zero-order valence-corrected chi connectivity index (χ0v) is 8.14. The molecule has 0 atom stereocenters. The molecule has 0 fully saturated rings. The summed E-state index contributed by atoms with van der Waals surface area (Å²) < 4.78 is 18.5. The third-order valence-electron chi connectivity index (χ3n) is 2.05. The van der Waals surface area contributed by atoms with Crippen molar-refractivity contribution in [2.24, 2.45) is 0 Å². The number of rotatable bonds is 2. The van der Waals surface area contributed by atoms with Crippen LogP contribution in [0.3, 0.4) is 0 Å². The number of nitrogens with zero attached hydrogens (tertiary/aromatic N) is 2. The van der Waals surface area contributed by atoms with E-state index in [4.69, 9.17) is 4.74 Å². The van der Waals surface area contributed by atoms with Gasteiger partial charge in [0.05, 0.1) is 7.11 Å². The highest BCUT2D eigenvalue weighted by Crippen LogP contribution is 2.25. The van der Waals surface area contributed by atoms with Crippen LogP contribution in [0.25, 0.3) is 11.1 Å². The predicted molar refractivity (Wildman–Crippen MR) is 54.0 cm³/mol. The maximum absolute atomic E-state index is 13.5. The van der Waals surface area contributed by atoms with E-state index in [9.17, 15) is 4.39 Å². The first-order valence-electron chi connectivity index (χ1n) is 4.40. The summed E-state index contributed by atoms with van der Waals surface area (Å²) in [6.07, 6.45) is 4.53. The van der Waals surface area contributed by atoms with Crippen molar-refractivity contribution >= 4 is 0 Å². The fourth-order valence-corrected chi connectivity index (χ4v) is 1.29. The Hall–Kier alpha value is -1.97. The standard InChI is InChI=1S/C11H9FN2O/c1-15-9-2-3-11(12)10(4-9)8-5-13-7-14-6-8/h2-7H,1H3. The highest BCUT2D eigenvalue weighted by Gasteiger charge is 2.06. The van der Waals surface area contributed by atoms with Crippen LogP contribution in [0.5, 0.6) is 5.75 Å². The first-order chi connectivity index (χ1) is 7.31. The van der Waals surface area contributed by atoms with Gasteiger partial charge in [-0.3, -0.25) is 0 Å². The summed E-state index contributed by atoms with van der Waals surface area (Å²) in [4.78, 5) is 7.68. The number of benzene rings is 1. The van der Waals surface area contributed by atoms with E-state index in [1.807, 2.05) is 0 Å². The summed E-state index contributed by atoms with van der Waals surface area (Å²) in [7, 11) is 1.54. The molecule has 1 heterocycles. The van der Waals surface area contributed by atoms with Crippen molar-refractivity contribution in [1.29, 1.82) is 0 Å². The molecule has 0 spiro atoms. The van der Waals surface area contributed by atoms with Crippen molar-refractivity contribution < 1.29 is 9.13 Å². The monoisotopic (exact) mass is 204 g/mol. The molecule has 0 amide bonds. The normalized spacial score (nSPS) is 10.0. The van der Waals surface area contributed by atoms with E-state index in [0.717, 1.165) is 0 Å². The molecule has 0 N–H and O–H groups in total. The molecule has 0 aliphatic carbocycles. The molecular formula is C11H9FN2O. The van der Waals surface area contributed by atoms with Crippen LogP contribution in [0.1, 0.15) is 0 Å². The van der Waals surface area contributed by atoms with Gasteiger partial charge in [0.1, 0.15) is 17.9 Å². The summed E-state index contributed by atoms with van der Waals surface area (Å²) in [6.45, 7) is 0. The predicted octanol–water partition coefficient (Wildman–Crippen LogP) is 2.29. The van der Waals surface area contributed by atoms with E-state index in [-0.39, 0.29) is 5.82 Å². The molecule has 0 saturated heterocycles. The molecule has 0 bridgehead atoms.